The number of hydrogen-bond acceptors (Lipinski definition) is 3. The summed E-state index contributed by atoms with van der Waals surface area (Å²) in [4.78, 5) is 11.3. The first-order valence-electron chi connectivity index (χ1n) is 5.42. The van der Waals surface area contributed by atoms with Gasteiger partial charge in [-0.15, -0.1) is 0 Å². The van der Waals surface area contributed by atoms with Crippen LogP contribution in [-0.2, 0) is 4.79 Å². The van der Waals surface area contributed by atoms with E-state index in [1.165, 1.54) is 12.8 Å². The second kappa shape index (κ2) is 4.28. The zero-order valence-corrected chi connectivity index (χ0v) is 8.33. The molecule has 0 spiro atoms. The maximum atomic E-state index is 11.3. The van der Waals surface area contributed by atoms with E-state index in [0.717, 1.165) is 25.3 Å². The molecule has 2 fully saturated rings. The SMILES string of the molecule is O=C(CNC1CC(O)C1)NCC1CC1. The van der Waals surface area contributed by atoms with Crippen molar-refractivity contribution in [3.8, 4) is 0 Å². The minimum atomic E-state index is -0.151. The molecule has 4 nitrogen and oxygen atoms in total. The van der Waals surface area contributed by atoms with Crippen LogP contribution in [0.15, 0.2) is 0 Å². The highest BCUT2D eigenvalue weighted by Gasteiger charge is 2.27. The van der Waals surface area contributed by atoms with Crippen molar-refractivity contribution in [3.05, 3.63) is 0 Å². The normalized spacial score (nSPS) is 30.9. The Morgan fingerprint density at radius 1 is 1.36 bits per heavy atom. The molecule has 3 N–H and O–H groups in total. The maximum Gasteiger partial charge on any atom is 0.233 e. The highest BCUT2D eigenvalue weighted by molar-refractivity contribution is 5.78. The predicted molar refractivity (Wildman–Crippen MR) is 52.8 cm³/mol. The first-order valence-corrected chi connectivity index (χ1v) is 5.42. The molecule has 14 heavy (non-hydrogen) atoms. The molecule has 0 aromatic carbocycles. The Kier molecular flexibility index (Phi) is 3.03. The lowest BCUT2D eigenvalue weighted by molar-refractivity contribution is -0.120. The van der Waals surface area contributed by atoms with Gasteiger partial charge in [0.1, 0.15) is 0 Å². The van der Waals surface area contributed by atoms with Gasteiger partial charge in [-0.3, -0.25) is 4.79 Å². The van der Waals surface area contributed by atoms with Gasteiger partial charge in [0.05, 0.1) is 12.6 Å². The molecule has 2 saturated carbocycles. The number of amides is 1. The topological polar surface area (TPSA) is 61.4 Å². The monoisotopic (exact) mass is 198 g/mol. The summed E-state index contributed by atoms with van der Waals surface area (Å²) in [5.74, 6) is 0.822. The Hall–Kier alpha value is -0.610. The highest BCUT2D eigenvalue weighted by atomic mass is 16.3. The molecule has 4 heteroatoms. The Morgan fingerprint density at radius 2 is 2.07 bits per heavy atom. The van der Waals surface area contributed by atoms with E-state index in [2.05, 4.69) is 10.6 Å². The Balaban J connectivity index is 1.49. The summed E-state index contributed by atoms with van der Waals surface area (Å²) in [6.07, 6.45) is 3.96. The molecular formula is C10H18N2O2. The van der Waals surface area contributed by atoms with E-state index in [1.54, 1.807) is 0 Å². The summed E-state index contributed by atoms with van der Waals surface area (Å²) < 4.78 is 0. The van der Waals surface area contributed by atoms with Gasteiger partial charge in [-0.1, -0.05) is 0 Å². The number of nitrogens with one attached hydrogen (secondary N) is 2. The zero-order chi connectivity index (χ0) is 9.97. The van der Waals surface area contributed by atoms with Gasteiger partial charge in [0.2, 0.25) is 5.91 Å². The van der Waals surface area contributed by atoms with E-state index in [0.29, 0.717) is 12.6 Å². The van der Waals surface area contributed by atoms with Gasteiger partial charge >= 0.3 is 0 Å². The van der Waals surface area contributed by atoms with Crippen LogP contribution >= 0.6 is 0 Å². The third kappa shape index (κ3) is 2.96. The van der Waals surface area contributed by atoms with Crippen molar-refractivity contribution >= 4 is 5.91 Å². The molecule has 2 aliphatic carbocycles. The van der Waals surface area contributed by atoms with Gasteiger partial charge in [-0.25, -0.2) is 0 Å². The summed E-state index contributed by atoms with van der Waals surface area (Å²) in [7, 11) is 0. The molecule has 80 valence electrons. The lowest BCUT2D eigenvalue weighted by Crippen LogP contribution is -2.47. The molecule has 0 aliphatic heterocycles. The van der Waals surface area contributed by atoms with Crippen LogP contribution in [0.1, 0.15) is 25.7 Å². The second-order valence-corrected chi connectivity index (χ2v) is 4.45. The van der Waals surface area contributed by atoms with Crippen molar-refractivity contribution < 1.29 is 9.90 Å². The minimum Gasteiger partial charge on any atom is -0.393 e. The van der Waals surface area contributed by atoms with Crippen LogP contribution in [0.2, 0.25) is 0 Å². The summed E-state index contributed by atoms with van der Waals surface area (Å²) in [5.41, 5.74) is 0. The lowest BCUT2D eigenvalue weighted by atomic mass is 9.89. The van der Waals surface area contributed by atoms with Crippen LogP contribution in [-0.4, -0.2) is 36.2 Å². The predicted octanol–water partition coefficient (Wildman–Crippen LogP) is -0.375. The quantitative estimate of drug-likeness (QED) is 0.564. The molecular weight excluding hydrogens is 180 g/mol. The van der Waals surface area contributed by atoms with Gasteiger partial charge < -0.3 is 15.7 Å². The van der Waals surface area contributed by atoms with Crippen LogP contribution in [0.5, 0.6) is 0 Å². The first-order chi connectivity index (χ1) is 6.74. The van der Waals surface area contributed by atoms with Crippen LogP contribution in [0.3, 0.4) is 0 Å². The minimum absolute atomic E-state index is 0.0817. The van der Waals surface area contributed by atoms with Crippen molar-refractivity contribution in [2.24, 2.45) is 5.92 Å². The molecule has 0 aromatic rings. The molecule has 0 saturated heterocycles. The molecule has 0 atom stereocenters. The summed E-state index contributed by atoms with van der Waals surface area (Å²) in [6, 6.07) is 0.344. The number of carbonyl (C=O) groups excluding carboxylic acids is 1. The number of aliphatic hydroxyl groups excluding tert-OH is 1. The first kappa shape index (κ1) is 9.93. The van der Waals surface area contributed by atoms with E-state index >= 15 is 0 Å². The largest absolute Gasteiger partial charge is 0.393 e. The smallest absolute Gasteiger partial charge is 0.233 e. The van der Waals surface area contributed by atoms with Crippen molar-refractivity contribution in [2.75, 3.05) is 13.1 Å². The molecule has 0 aromatic heterocycles. The fourth-order valence-corrected chi connectivity index (χ4v) is 1.63. The number of rotatable bonds is 5. The number of hydrogen-bond donors (Lipinski definition) is 3. The van der Waals surface area contributed by atoms with E-state index in [9.17, 15) is 4.79 Å². The average molecular weight is 198 g/mol. The van der Waals surface area contributed by atoms with Gasteiger partial charge in [0, 0.05) is 12.6 Å². The van der Waals surface area contributed by atoms with Crippen molar-refractivity contribution in [1.29, 1.82) is 0 Å². The fourth-order valence-electron chi connectivity index (χ4n) is 1.63. The zero-order valence-electron chi connectivity index (χ0n) is 8.33. The Morgan fingerprint density at radius 3 is 2.64 bits per heavy atom. The maximum absolute atomic E-state index is 11.3. The molecule has 0 radical (unpaired) electrons. The average Bonchev–Trinajstić information content (AvgIpc) is 2.90. The molecule has 0 bridgehead atoms. The highest BCUT2D eigenvalue weighted by Crippen LogP contribution is 2.27. The Labute approximate surface area is 84.1 Å². The van der Waals surface area contributed by atoms with Crippen LogP contribution in [0, 0.1) is 5.92 Å². The summed E-state index contributed by atoms with van der Waals surface area (Å²) in [5, 5.41) is 15.0. The molecule has 0 heterocycles. The van der Waals surface area contributed by atoms with E-state index in [-0.39, 0.29) is 12.0 Å². The van der Waals surface area contributed by atoms with Crippen LogP contribution in [0.25, 0.3) is 0 Å². The van der Waals surface area contributed by atoms with Crippen LogP contribution in [0.4, 0.5) is 0 Å². The van der Waals surface area contributed by atoms with Crippen molar-refractivity contribution in [2.45, 2.75) is 37.8 Å². The fraction of sp³-hybridized carbons (Fsp3) is 0.900. The number of aliphatic hydroxyl groups is 1. The lowest BCUT2D eigenvalue weighted by Gasteiger charge is -2.31. The summed E-state index contributed by atoms with van der Waals surface area (Å²) >= 11 is 0. The molecule has 0 unspecified atom stereocenters. The van der Waals surface area contributed by atoms with E-state index in [4.69, 9.17) is 5.11 Å². The van der Waals surface area contributed by atoms with Crippen molar-refractivity contribution in [1.82, 2.24) is 10.6 Å². The summed E-state index contributed by atoms with van der Waals surface area (Å²) in [6.45, 7) is 1.23. The number of carbonyl (C=O) groups is 1. The van der Waals surface area contributed by atoms with Gasteiger partial charge in [-0.2, -0.15) is 0 Å². The van der Waals surface area contributed by atoms with E-state index in [1.807, 2.05) is 0 Å². The van der Waals surface area contributed by atoms with E-state index < -0.39 is 0 Å². The van der Waals surface area contributed by atoms with Crippen molar-refractivity contribution in [3.63, 3.8) is 0 Å². The third-order valence-electron chi connectivity index (χ3n) is 2.95. The molecule has 2 rings (SSSR count). The Bertz CT molecular complexity index is 210. The van der Waals surface area contributed by atoms with Gasteiger partial charge in [0.25, 0.3) is 0 Å². The standard InChI is InChI=1S/C10H18N2O2/c13-9-3-8(4-9)11-6-10(14)12-5-7-1-2-7/h7-9,11,13H,1-6H2,(H,12,14). The van der Waals surface area contributed by atoms with Gasteiger partial charge in [0.15, 0.2) is 0 Å². The molecule has 1 amide bonds. The van der Waals surface area contributed by atoms with Crippen LogP contribution < -0.4 is 10.6 Å². The molecule has 2 aliphatic rings. The van der Waals surface area contributed by atoms with Gasteiger partial charge in [-0.05, 0) is 31.6 Å². The second-order valence-electron chi connectivity index (χ2n) is 4.45. The third-order valence-corrected chi connectivity index (χ3v) is 2.95.